The van der Waals surface area contributed by atoms with Crippen LogP contribution in [-0.2, 0) is 6.42 Å². The van der Waals surface area contributed by atoms with E-state index < -0.39 is 10.8 Å². The number of nitro groups is 1. The molecule has 0 saturated carbocycles. The molecule has 0 heterocycles. The molecular weight excluding hydrogens is 316 g/mol. The number of carbonyl (C=O) groups excluding carboxylic acids is 1. The SMILES string of the molecule is CCc1ccc(C(C)NC(=O)c2ccc(Cl)cc2[N+](=O)[O-])cc1. The van der Waals surface area contributed by atoms with E-state index in [1.165, 1.54) is 23.8 Å². The Morgan fingerprint density at radius 1 is 1.26 bits per heavy atom. The molecule has 6 heteroatoms. The van der Waals surface area contributed by atoms with E-state index in [4.69, 9.17) is 11.6 Å². The van der Waals surface area contributed by atoms with Crippen molar-refractivity contribution in [1.82, 2.24) is 5.32 Å². The first-order valence-electron chi connectivity index (χ1n) is 7.26. The van der Waals surface area contributed by atoms with Crippen molar-refractivity contribution in [3.8, 4) is 0 Å². The zero-order chi connectivity index (χ0) is 17.0. The summed E-state index contributed by atoms with van der Waals surface area (Å²) in [6.07, 6.45) is 0.942. The standard InChI is InChI=1S/C17H17ClN2O3/c1-3-12-4-6-13(7-5-12)11(2)19-17(21)15-9-8-14(18)10-16(15)20(22)23/h4-11H,3H2,1-2H3,(H,19,21). The van der Waals surface area contributed by atoms with Crippen molar-refractivity contribution < 1.29 is 9.72 Å². The molecule has 0 fully saturated rings. The lowest BCUT2D eigenvalue weighted by atomic mass is 10.0. The minimum Gasteiger partial charge on any atom is -0.345 e. The predicted octanol–water partition coefficient (Wildman–Crippen LogP) is 4.30. The van der Waals surface area contributed by atoms with Gasteiger partial charge in [-0.3, -0.25) is 14.9 Å². The number of nitrogens with one attached hydrogen (secondary N) is 1. The second-order valence-corrected chi connectivity index (χ2v) is 5.65. The molecule has 1 amide bonds. The topological polar surface area (TPSA) is 72.2 Å². The van der Waals surface area contributed by atoms with Crippen LogP contribution in [0.4, 0.5) is 5.69 Å². The van der Waals surface area contributed by atoms with Crippen LogP contribution in [0, 0.1) is 10.1 Å². The second kappa shape index (κ2) is 7.24. The number of carbonyl (C=O) groups is 1. The number of nitrogens with zero attached hydrogens (tertiary/aromatic N) is 1. The van der Waals surface area contributed by atoms with Gasteiger partial charge in [0.25, 0.3) is 11.6 Å². The quantitative estimate of drug-likeness (QED) is 0.655. The summed E-state index contributed by atoms with van der Waals surface area (Å²) >= 11 is 5.76. The lowest BCUT2D eigenvalue weighted by Crippen LogP contribution is -2.27. The number of rotatable bonds is 5. The van der Waals surface area contributed by atoms with Crippen LogP contribution in [0.25, 0.3) is 0 Å². The molecular formula is C17H17ClN2O3. The van der Waals surface area contributed by atoms with E-state index in [1.54, 1.807) is 0 Å². The zero-order valence-electron chi connectivity index (χ0n) is 12.9. The monoisotopic (exact) mass is 332 g/mol. The van der Waals surface area contributed by atoms with Gasteiger partial charge in [-0.25, -0.2) is 0 Å². The van der Waals surface area contributed by atoms with Gasteiger partial charge in [0.15, 0.2) is 0 Å². The molecule has 5 nitrogen and oxygen atoms in total. The Balaban J connectivity index is 2.19. The molecule has 0 spiro atoms. The van der Waals surface area contributed by atoms with Crippen LogP contribution in [0.2, 0.25) is 5.02 Å². The predicted molar refractivity (Wildman–Crippen MR) is 89.8 cm³/mol. The average Bonchev–Trinajstić information content (AvgIpc) is 2.54. The third-order valence-electron chi connectivity index (χ3n) is 3.64. The van der Waals surface area contributed by atoms with Gasteiger partial charge in [0.1, 0.15) is 5.56 Å². The van der Waals surface area contributed by atoms with Crippen LogP contribution < -0.4 is 5.32 Å². The van der Waals surface area contributed by atoms with Crippen LogP contribution in [0.1, 0.15) is 41.4 Å². The Bertz CT molecular complexity index is 729. The fourth-order valence-electron chi connectivity index (χ4n) is 2.25. The van der Waals surface area contributed by atoms with Gasteiger partial charge in [0.2, 0.25) is 0 Å². The number of hydrogen-bond donors (Lipinski definition) is 1. The summed E-state index contributed by atoms with van der Waals surface area (Å²) < 4.78 is 0. The molecule has 0 radical (unpaired) electrons. The molecule has 1 unspecified atom stereocenters. The molecule has 2 rings (SSSR count). The van der Waals surface area contributed by atoms with Crippen molar-refractivity contribution in [2.75, 3.05) is 0 Å². The van der Waals surface area contributed by atoms with E-state index >= 15 is 0 Å². The van der Waals surface area contributed by atoms with Crippen molar-refractivity contribution in [3.63, 3.8) is 0 Å². The number of benzene rings is 2. The fraction of sp³-hybridized carbons (Fsp3) is 0.235. The van der Waals surface area contributed by atoms with E-state index in [2.05, 4.69) is 12.2 Å². The molecule has 23 heavy (non-hydrogen) atoms. The molecule has 0 saturated heterocycles. The second-order valence-electron chi connectivity index (χ2n) is 5.21. The Morgan fingerprint density at radius 3 is 2.48 bits per heavy atom. The van der Waals surface area contributed by atoms with Crippen LogP contribution in [-0.4, -0.2) is 10.8 Å². The molecule has 0 aliphatic heterocycles. The van der Waals surface area contributed by atoms with Gasteiger partial charge in [-0.15, -0.1) is 0 Å². The first-order chi connectivity index (χ1) is 10.9. The molecule has 120 valence electrons. The number of aryl methyl sites for hydroxylation is 1. The molecule has 0 bridgehead atoms. The van der Waals surface area contributed by atoms with Crippen molar-refractivity contribution in [1.29, 1.82) is 0 Å². The lowest BCUT2D eigenvalue weighted by Gasteiger charge is -2.15. The minimum absolute atomic E-state index is 0.00331. The maximum absolute atomic E-state index is 12.3. The third-order valence-corrected chi connectivity index (χ3v) is 3.87. The van der Waals surface area contributed by atoms with Crippen molar-refractivity contribution in [2.24, 2.45) is 0 Å². The zero-order valence-corrected chi connectivity index (χ0v) is 13.6. The van der Waals surface area contributed by atoms with Crippen molar-refractivity contribution in [3.05, 3.63) is 74.3 Å². The van der Waals surface area contributed by atoms with Crippen molar-refractivity contribution >= 4 is 23.2 Å². The highest BCUT2D eigenvalue weighted by Gasteiger charge is 2.22. The third kappa shape index (κ3) is 4.07. The van der Waals surface area contributed by atoms with Gasteiger partial charge in [-0.2, -0.15) is 0 Å². The average molecular weight is 333 g/mol. The fourth-order valence-corrected chi connectivity index (χ4v) is 2.41. The van der Waals surface area contributed by atoms with Gasteiger partial charge in [0.05, 0.1) is 11.0 Å². The number of halogens is 1. The highest BCUT2D eigenvalue weighted by Crippen LogP contribution is 2.24. The Hall–Kier alpha value is -2.40. The van der Waals surface area contributed by atoms with Gasteiger partial charge < -0.3 is 5.32 Å². The minimum atomic E-state index is -0.610. The summed E-state index contributed by atoms with van der Waals surface area (Å²) in [7, 11) is 0. The molecule has 0 aromatic heterocycles. The van der Waals surface area contributed by atoms with E-state index in [9.17, 15) is 14.9 Å². The summed E-state index contributed by atoms with van der Waals surface area (Å²) in [6, 6.07) is 11.6. The first kappa shape index (κ1) is 17.0. The normalized spacial score (nSPS) is 11.8. The molecule has 0 aliphatic carbocycles. The van der Waals surface area contributed by atoms with Crippen LogP contribution in [0.15, 0.2) is 42.5 Å². The maximum atomic E-state index is 12.3. The summed E-state index contributed by atoms with van der Waals surface area (Å²) in [5.41, 5.74) is 1.84. The maximum Gasteiger partial charge on any atom is 0.283 e. The Labute approximate surface area is 139 Å². The first-order valence-corrected chi connectivity index (χ1v) is 7.63. The van der Waals surface area contributed by atoms with Crippen LogP contribution in [0.5, 0.6) is 0 Å². The smallest absolute Gasteiger partial charge is 0.283 e. The Morgan fingerprint density at radius 2 is 1.91 bits per heavy atom. The molecule has 0 aliphatic rings. The largest absolute Gasteiger partial charge is 0.345 e. The van der Waals surface area contributed by atoms with Crippen molar-refractivity contribution in [2.45, 2.75) is 26.3 Å². The molecule has 1 N–H and O–H groups in total. The van der Waals surface area contributed by atoms with Gasteiger partial charge in [-0.1, -0.05) is 42.8 Å². The van der Waals surface area contributed by atoms with Gasteiger partial charge >= 0.3 is 0 Å². The van der Waals surface area contributed by atoms with Crippen LogP contribution >= 0.6 is 11.6 Å². The van der Waals surface area contributed by atoms with E-state index in [0.29, 0.717) is 0 Å². The lowest BCUT2D eigenvalue weighted by molar-refractivity contribution is -0.385. The number of amides is 1. The van der Waals surface area contributed by atoms with Gasteiger partial charge in [0, 0.05) is 11.1 Å². The molecule has 2 aromatic rings. The van der Waals surface area contributed by atoms with E-state index in [0.717, 1.165) is 12.0 Å². The highest BCUT2D eigenvalue weighted by molar-refractivity contribution is 6.31. The molecule has 1 atom stereocenters. The molecule has 2 aromatic carbocycles. The highest BCUT2D eigenvalue weighted by atomic mass is 35.5. The number of nitro benzene ring substituents is 1. The van der Waals surface area contributed by atoms with E-state index in [-0.39, 0.29) is 22.3 Å². The van der Waals surface area contributed by atoms with Gasteiger partial charge in [-0.05, 0) is 36.6 Å². The summed E-state index contributed by atoms with van der Waals surface area (Å²) in [6.45, 7) is 3.90. The Kier molecular flexibility index (Phi) is 5.34. The van der Waals surface area contributed by atoms with E-state index in [1.807, 2.05) is 31.2 Å². The van der Waals surface area contributed by atoms with Crippen LogP contribution in [0.3, 0.4) is 0 Å². The number of hydrogen-bond acceptors (Lipinski definition) is 3. The summed E-state index contributed by atoms with van der Waals surface area (Å²) in [4.78, 5) is 22.8. The summed E-state index contributed by atoms with van der Waals surface area (Å²) in [5.74, 6) is -0.500. The summed E-state index contributed by atoms with van der Waals surface area (Å²) in [5, 5.41) is 14.1.